The van der Waals surface area contributed by atoms with Crippen molar-refractivity contribution in [2.75, 3.05) is 0 Å². The van der Waals surface area contributed by atoms with Gasteiger partial charge in [0.05, 0.1) is 16.6 Å². The molecule has 1 aromatic heterocycles. The zero-order chi connectivity index (χ0) is 19.0. The van der Waals surface area contributed by atoms with E-state index in [0.717, 1.165) is 17.2 Å². The van der Waals surface area contributed by atoms with Crippen LogP contribution in [0.4, 0.5) is 5.69 Å². The highest BCUT2D eigenvalue weighted by molar-refractivity contribution is 6.12. The molecule has 0 aliphatic heterocycles. The van der Waals surface area contributed by atoms with Gasteiger partial charge >= 0.3 is 5.69 Å². The highest BCUT2D eigenvalue weighted by atomic mass is 16.6. The molecule has 1 N–H and O–H groups in total. The van der Waals surface area contributed by atoms with Crippen molar-refractivity contribution in [3.63, 3.8) is 0 Å². The molecule has 0 bridgehead atoms. The van der Waals surface area contributed by atoms with Gasteiger partial charge in [0.2, 0.25) is 5.75 Å². The smallest absolute Gasteiger partial charge is 0.315 e. The molecule has 6 nitrogen and oxygen atoms in total. The molecule has 27 heavy (non-hydrogen) atoms. The van der Waals surface area contributed by atoms with E-state index in [4.69, 9.17) is 4.42 Å². The summed E-state index contributed by atoms with van der Waals surface area (Å²) in [5.74, 6) is -0.195. The highest BCUT2D eigenvalue weighted by Gasteiger charge is 2.27. The molecule has 0 amide bonds. The van der Waals surface area contributed by atoms with Gasteiger partial charge < -0.3 is 9.52 Å². The lowest BCUT2D eigenvalue weighted by Crippen LogP contribution is -1.93. The number of carbonyl (C=O) groups is 1. The van der Waals surface area contributed by atoms with Gasteiger partial charge in [-0.15, -0.1) is 0 Å². The zero-order valence-corrected chi connectivity index (χ0v) is 14.0. The van der Waals surface area contributed by atoms with E-state index in [1.807, 2.05) is 60.7 Å². The Balaban J connectivity index is 2.18. The Morgan fingerprint density at radius 3 is 2.11 bits per heavy atom. The highest BCUT2D eigenvalue weighted by Crippen LogP contribution is 2.46. The Morgan fingerprint density at radius 2 is 1.56 bits per heavy atom. The lowest BCUT2D eigenvalue weighted by atomic mass is 9.95. The minimum Gasteiger partial charge on any atom is -0.502 e. The summed E-state index contributed by atoms with van der Waals surface area (Å²) >= 11 is 0. The fraction of sp³-hybridized carbons (Fsp3) is 0. The molecule has 0 aliphatic carbocycles. The van der Waals surface area contributed by atoms with E-state index in [0.29, 0.717) is 23.0 Å². The molecule has 0 spiro atoms. The van der Waals surface area contributed by atoms with Crippen molar-refractivity contribution in [3.05, 3.63) is 82.4 Å². The van der Waals surface area contributed by atoms with Crippen LogP contribution >= 0.6 is 0 Å². The number of fused-ring (bicyclic) bond motifs is 1. The first-order chi connectivity index (χ1) is 13.1. The van der Waals surface area contributed by atoms with Crippen LogP contribution in [0.25, 0.3) is 33.4 Å². The van der Waals surface area contributed by atoms with Crippen LogP contribution in [0.3, 0.4) is 0 Å². The Labute approximate surface area is 153 Å². The van der Waals surface area contributed by atoms with E-state index in [9.17, 15) is 20.0 Å². The molecule has 0 atom stereocenters. The molecule has 1 heterocycles. The third-order valence-electron chi connectivity index (χ3n) is 4.38. The van der Waals surface area contributed by atoms with E-state index in [2.05, 4.69) is 0 Å². The maximum Gasteiger partial charge on any atom is 0.315 e. The predicted molar refractivity (Wildman–Crippen MR) is 101 cm³/mol. The number of rotatable bonds is 4. The summed E-state index contributed by atoms with van der Waals surface area (Å²) in [5.41, 5.74) is 1.56. The van der Waals surface area contributed by atoms with Crippen LogP contribution in [0.2, 0.25) is 0 Å². The number of nitro benzene ring substituents is 1. The summed E-state index contributed by atoms with van der Waals surface area (Å²) in [5, 5.41) is 21.9. The van der Waals surface area contributed by atoms with Crippen LogP contribution in [0.5, 0.6) is 5.75 Å². The number of aromatic hydroxyl groups is 1. The second kappa shape index (κ2) is 6.42. The van der Waals surface area contributed by atoms with Crippen molar-refractivity contribution in [2.24, 2.45) is 0 Å². The van der Waals surface area contributed by atoms with Gasteiger partial charge in [-0.1, -0.05) is 60.7 Å². The van der Waals surface area contributed by atoms with Gasteiger partial charge in [0.25, 0.3) is 0 Å². The molecule has 0 fully saturated rings. The molecule has 4 rings (SSSR count). The first-order valence-electron chi connectivity index (χ1n) is 8.14. The lowest BCUT2D eigenvalue weighted by molar-refractivity contribution is -0.385. The molecule has 4 aromatic rings. The quantitative estimate of drug-likeness (QED) is 0.307. The van der Waals surface area contributed by atoms with Crippen LogP contribution in [-0.2, 0) is 0 Å². The van der Waals surface area contributed by atoms with Crippen molar-refractivity contribution in [1.82, 2.24) is 0 Å². The van der Waals surface area contributed by atoms with Crippen molar-refractivity contribution >= 4 is 22.9 Å². The van der Waals surface area contributed by atoms with Crippen LogP contribution in [0.15, 0.2) is 71.1 Å². The Kier molecular flexibility index (Phi) is 3.93. The summed E-state index contributed by atoms with van der Waals surface area (Å²) in [7, 11) is 0. The first-order valence-corrected chi connectivity index (χ1v) is 8.14. The van der Waals surface area contributed by atoms with Crippen LogP contribution in [0.1, 0.15) is 10.4 Å². The first kappa shape index (κ1) is 16.5. The maximum atomic E-state index is 11.7. The van der Waals surface area contributed by atoms with E-state index >= 15 is 0 Å². The van der Waals surface area contributed by atoms with E-state index in [1.165, 1.54) is 0 Å². The summed E-state index contributed by atoms with van der Waals surface area (Å²) in [6.45, 7) is 0. The van der Waals surface area contributed by atoms with Crippen LogP contribution < -0.4 is 0 Å². The van der Waals surface area contributed by atoms with Gasteiger partial charge in [0.1, 0.15) is 11.3 Å². The Hall–Kier alpha value is -3.93. The molecular formula is C21H13NO5. The van der Waals surface area contributed by atoms with E-state index in [-0.39, 0.29) is 11.1 Å². The number of aldehydes is 1. The molecule has 0 saturated heterocycles. The van der Waals surface area contributed by atoms with Gasteiger partial charge in [-0.05, 0) is 5.56 Å². The van der Waals surface area contributed by atoms with Crippen molar-refractivity contribution in [2.45, 2.75) is 0 Å². The molecule has 6 heteroatoms. The number of phenols is 1. The third-order valence-corrected chi connectivity index (χ3v) is 4.38. The van der Waals surface area contributed by atoms with Gasteiger partial charge in [0, 0.05) is 16.5 Å². The molecule has 0 saturated carbocycles. The number of benzene rings is 3. The molecule has 3 aromatic carbocycles. The number of nitro groups is 1. The van der Waals surface area contributed by atoms with Crippen molar-refractivity contribution < 1.29 is 19.2 Å². The lowest BCUT2D eigenvalue weighted by Gasteiger charge is -2.06. The number of hydrogen-bond donors (Lipinski definition) is 1. The Morgan fingerprint density at radius 1 is 0.963 bits per heavy atom. The number of phenolic OH excluding ortho intramolecular Hbond substituents is 1. The summed E-state index contributed by atoms with van der Waals surface area (Å²) < 4.78 is 5.95. The van der Waals surface area contributed by atoms with Gasteiger partial charge in [0.15, 0.2) is 6.29 Å². The topological polar surface area (TPSA) is 93.6 Å². The van der Waals surface area contributed by atoms with Gasteiger partial charge in [-0.25, -0.2) is 0 Å². The van der Waals surface area contributed by atoms with Gasteiger partial charge in [-0.2, -0.15) is 0 Å². The molecule has 0 radical (unpaired) electrons. The summed E-state index contributed by atoms with van der Waals surface area (Å²) in [6.07, 6.45) is 0.418. The summed E-state index contributed by atoms with van der Waals surface area (Å²) in [4.78, 5) is 22.2. The molecule has 132 valence electrons. The average molecular weight is 359 g/mol. The largest absolute Gasteiger partial charge is 0.502 e. The Bertz CT molecular complexity index is 1160. The molecular weight excluding hydrogens is 346 g/mol. The maximum absolute atomic E-state index is 11.7. The minimum absolute atomic E-state index is 0.163. The van der Waals surface area contributed by atoms with Gasteiger partial charge in [-0.3, -0.25) is 14.9 Å². The van der Waals surface area contributed by atoms with Crippen molar-refractivity contribution in [1.29, 1.82) is 0 Å². The second-order valence-electron chi connectivity index (χ2n) is 5.94. The van der Waals surface area contributed by atoms with Crippen LogP contribution in [0, 0.1) is 10.1 Å². The second-order valence-corrected chi connectivity index (χ2v) is 5.94. The monoisotopic (exact) mass is 359 g/mol. The third kappa shape index (κ3) is 2.64. The minimum atomic E-state index is -0.741. The van der Waals surface area contributed by atoms with Crippen LogP contribution in [-0.4, -0.2) is 16.3 Å². The van der Waals surface area contributed by atoms with Crippen molar-refractivity contribution in [3.8, 4) is 28.2 Å². The number of hydrogen-bond acceptors (Lipinski definition) is 5. The SMILES string of the molecule is O=Cc1c(O)c([N+](=O)[O-])cc2oc(-c3ccccc3)c(-c3ccccc3)c12. The average Bonchev–Trinajstić information content (AvgIpc) is 3.08. The fourth-order valence-electron chi connectivity index (χ4n) is 3.19. The fourth-order valence-corrected chi connectivity index (χ4v) is 3.19. The van der Waals surface area contributed by atoms with E-state index < -0.39 is 16.4 Å². The zero-order valence-electron chi connectivity index (χ0n) is 14.0. The number of nitrogens with zero attached hydrogens (tertiary/aromatic N) is 1. The number of furan rings is 1. The molecule has 0 aliphatic rings. The normalized spacial score (nSPS) is 10.8. The summed E-state index contributed by atoms with van der Waals surface area (Å²) in [6, 6.07) is 19.6. The standard InChI is InChI=1S/C21H13NO5/c23-12-15-19-17(11-16(20(15)24)22(25)26)27-21(14-9-5-2-6-10-14)18(19)13-7-3-1-4-8-13/h1-12,24H. The molecule has 0 unspecified atom stereocenters. The number of carbonyl (C=O) groups excluding carboxylic acids is 1. The predicted octanol–water partition coefficient (Wildman–Crippen LogP) is 5.19. The van der Waals surface area contributed by atoms with E-state index in [1.54, 1.807) is 0 Å².